The van der Waals surface area contributed by atoms with Crippen molar-refractivity contribution < 1.29 is 47.7 Å². The molecule has 594 valence electrons. The maximum absolute atomic E-state index is 12.9. The van der Waals surface area contributed by atoms with Crippen molar-refractivity contribution in [3.63, 3.8) is 0 Å². The summed E-state index contributed by atoms with van der Waals surface area (Å²) in [6, 6.07) is 0. The van der Waals surface area contributed by atoms with Crippen molar-refractivity contribution in [3.8, 4) is 0 Å². The molecule has 0 spiro atoms. The fourth-order valence-electron chi connectivity index (χ4n) is 27.0. The second-order valence-electron chi connectivity index (χ2n) is 44.3. The molecule has 20 aliphatic rings. The maximum atomic E-state index is 12.9. The van der Waals surface area contributed by atoms with Crippen molar-refractivity contribution in [2.24, 2.45) is 157 Å². The Hall–Kier alpha value is -2.65. The molecule has 0 aliphatic heterocycles. The normalized spacial score (nSPS) is 41.8. The third-order valence-corrected chi connectivity index (χ3v) is 34.7. The van der Waals surface area contributed by atoms with Gasteiger partial charge in [-0.3, -0.25) is 24.0 Å². The summed E-state index contributed by atoms with van der Waals surface area (Å²) in [6.07, 6.45) is 41.9. The van der Waals surface area contributed by atoms with E-state index in [1.807, 2.05) is 69.2 Å². The molecule has 10 nitrogen and oxygen atoms in total. The molecule has 20 aliphatic carbocycles. The van der Waals surface area contributed by atoms with Gasteiger partial charge in [0.2, 0.25) is 0 Å². The Kier molecular flexibility index (Phi) is 24.1. The van der Waals surface area contributed by atoms with Gasteiger partial charge in [-0.2, -0.15) is 0 Å². The van der Waals surface area contributed by atoms with Crippen LogP contribution in [-0.2, 0) is 47.7 Å². The zero-order chi connectivity index (χ0) is 76.1. The number of unbranched alkanes of at least 4 members (excludes halogenated alkanes) is 1. The van der Waals surface area contributed by atoms with Gasteiger partial charge in [-0.15, -0.1) is 0 Å². The molecule has 20 fully saturated rings. The molecule has 0 aromatic rings. The van der Waals surface area contributed by atoms with Crippen molar-refractivity contribution in [2.45, 2.75) is 406 Å². The first-order chi connectivity index (χ1) is 48.6. The van der Waals surface area contributed by atoms with E-state index in [0.29, 0.717) is 65.1 Å². The van der Waals surface area contributed by atoms with Gasteiger partial charge in [-0.05, 0) is 400 Å². The Balaban J connectivity index is 0.000000130. The van der Waals surface area contributed by atoms with Gasteiger partial charge < -0.3 is 23.7 Å². The van der Waals surface area contributed by atoms with Crippen molar-refractivity contribution in [2.75, 3.05) is 0 Å². The molecule has 104 heavy (non-hydrogen) atoms. The minimum absolute atomic E-state index is 0.0185. The molecule has 0 aromatic carbocycles. The van der Waals surface area contributed by atoms with E-state index in [1.54, 1.807) is 0 Å². The third kappa shape index (κ3) is 15.3. The summed E-state index contributed by atoms with van der Waals surface area (Å²) in [5, 5.41) is 0. The fraction of sp³-hybridized carbons (Fsp3) is 0.947. The molecule has 0 heterocycles. The van der Waals surface area contributed by atoms with Crippen LogP contribution in [0.3, 0.4) is 0 Å². The van der Waals surface area contributed by atoms with E-state index < -0.39 is 0 Å². The number of ether oxygens (including phenoxy) is 5. The molecule has 0 atom stereocenters. The molecule has 0 aromatic heterocycles. The average Bonchev–Trinajstić information content (AvgIpc) is 0.694. The molecule has 20 bridgehead atoms. The van der Waals surface area contributed by atoms with Crippen molar-refractivity contribution >= 4 is 29.8 Å². The van der Waals surface area contributed by atoms with Gasteiger partial charge in [0, 0.05) is 17.3 Å². The summed E-state index contributed by atoms with van der Waals surface area (Å²) in [6.45, 7) is 48.8. The van der Waals surface area contributed by atoms with E-state index >= 15 is 0 Å². The Morgan fingerprint density at radius 1 is 0.308 bits per heavy atom. The van der Waals surface area contributed by atoms with Crippen LogP contribution in [0, 0.1) is 157 Å². The molecule has 0 N–H and O–H groups in total. The van der Waals surface area contributed by atoms with Gasteiger partial charge in [0.15, 0.2) is 0 Å². The first-order valence-electron chi connectivity index (χ1n) is 44.7. The van der Waals surface area contributed by atoms with E-state index in [-0.39, 0.29) is 90.3 Å². The smallest absolute Gasteiger partial charge is 0.312 e. The summed E-state index contributed by atoms with van der Waals surface area (Å²) < 4.78 is 31.7. The van der Waals surface area contributed by atoms with E-state index in [0.717, 1.165) is 104 Å². The molecule has 0 radical (unpaired) electrons. The largest absolute Gasteiger partial charge is 0.458 e. The molecular formula is C94H158O10. The first kappa shape index (κ1) is 82.3. The zero-order valence-corrected chi connectivity index (χ0v) is 71.2. The van der Waals surface area contributed by atoms with Crippen molar-refractivity contribution in [1.29, 1.82) is 0 Å². The van der Waals surface area contributed by atoms with E-state index in [9.17, 15) is 24.0 Å². The SMILES string of the molecule is CCC(C)(C)C(=O)OC1(C(C)(C)C)C2CC3CC(C2)CC1C3.CCC(C)(C)C(=O)OC1(C(C)C)C2CC3CC(C2)CC1C3.CCC(C)(C)C(=O)OC1(C)C2CC3CC(C2)CC1C3.CCC(C)(C)C(=O)OC1(CC)C2CC3CC(C2)CC1C3.CCCCC1(OC(=O)C(C)(C)CC)C2CC3CC(C2)CC1C3. The van der Waals surface area contributed by atoms with Gasteiger partial charge >= 0.3 is 29.8 Å². The Morgan fingerprint density at radius 3 is 0.817 bits per heavy atom. The minimum Gasteiger partial charge on any atom is -0.458 e. The van der Waals surface area contributed by atoms with E-state index in [1.165, 1.54) is 173 Å². The van der Waals surface area contributed by atoms with Crippen LogP contribution >= 0.6 is 0 Å². The monoisotopic (exact) mass is 1450 g/mol. The van der Waals surface area contributed by atoms with Crippen LogP contribution in [0.1, 0.15) is 378 Å². The van der Waals surface area contributed by atoms with E-state index in [4.69, 9.17) is 23.7 Å². The molecule has 0 unspecified atom stereocenters. The minimum atomic E-state index is -0.368. The lowest BCUT2D eigenvalue weighted by atomic mass is 9.45. The second kappa shape index (κ2) is 30.5. The summed E-state index contributed by atoms with van der Waals surface area (Å²) in [7, 11) is 0. The highest BCUT2D eigenvalue weighted by molar-refractivity contribution is 5.78. The van der Waals surface area contributed by atoms with Gasteiger partial charge in [0.1, 0.15) is 28.0 Å². The molecule has 20 rings (SSSR count). The van der Waals surface area contributed by atoms with Crippen LogP contribution in [0.4, 0.5) is 0 Å². The van der Waals surface area contributed by atoms with Gasteiger partial charge in [-0.25, -0.2) is 0 Å². The number of carbonyl (C=O) groups excluding carboxylic acids is 5. The third-order valence-electron chi connectivity index (χ3n) is 34.7. The zero-order valence-electron chi connectivity index (χ0n) is 71.2. The number of hydrogen-bond acceptors (Lipinski definition) is 10. The maximum Gasteiger partial charge on any atom is 0.312 e. The number of rotatable bonds is 20. The Bertz CT molecular complexity index is 2860. The van der Waals surface area contributed by atoms with Crippen LogP contribution < -0.4 is 0 Å². The summed E-state index contributed by atoms with van der Waals surface area (Å²) >= 11 is 0. The number of carbonyl (C=O) groups is 5. The van der Waals surface area contributed by atoms with Crippen LogP contribution in [0.25, 0.3) is 0 Å². The highest BCUT2D eigenvalue weighted by Gasteiger charge is 2.67. The lowest BCUT2D eigenvalue weighted by Gasteiger charge is -2.64. The van der Waals surface area contributed by atoms with Crippen molar-refractivity contribution in [1.82, 2.24) is 0 Å². The van der Waals surface area contributed by atoms with Crippen LogP contribution in [0.5, 0.6) is 0 Å². The van der Waals surface area contributed by atoms with Crippen LogP contribution in [0.2, 0.25) is 0 Å². The van der Waals surface area contributed by atoms with Gasteiger partial charge in [-0.1, -0.05) is 89.5 Å². The average molecular weight is 1450 g/mol. The highest BCUT2D eigenvalue weighted by Crippen LogP contribution is 2.68. The summed E-state index contributed by atoms with van der Waals surface area (Å²) in [5.41, 5.74) is -2.53. The molecule has 20 saturated carbocycles. The molecular weight excluding hydrogens is 1290 g/mol. The van der Waals surface area contributed by atoms with Crippen molar-refractivity contribution in [3.05, 3.63) is 0 Å². The second-order valence-corrected chi connectivity index (χ2v) is 44.3. The first-order valence-corrected chi connectivity index (χ1v) is 44.7. The van der Waals surface area contributed by atoms with Crippen LogP contribution in [0.15, 0.2) is 0 Å². The highest BCUT2D eigenvalue weighted by atomic mass is 16.6. The number of esters is 5. The molecule has 0 saturated heterocycles. The predicted molar refractivity (Wildman–Crippen MR) is 419 cm³/mol. The van der Waals surface area contributed by atoms with Gasteiger partial charge in [0.25, 0.3) is 0 Å². The summed E-state index contributed by atoms with van der Waals surface area (Å²) in [4.78, 5) is 63.6. The van der Waals surface area contributed by atoms with Gasteiger partial charge in [0.05, 0.1) is 27.1 Å². The van der Waals surface area contributed by atoms with Crippen LogP contribution in [-0.4, -0.2) is 57.9 Å². The Morgan fingerprint density at radius 2 is 0.548 bits per heavy atom. The fourth-order valence-corrected chi connectivity index (χ4v) is 27.0. The lowest BCUT2D eigenvalue weighted by Crippen LogP contribution is -2.66. The topological polar surface area (TPSA) is 132 Å². The molecule has 0 amide bonds. The standard InChI is InChI=1S/2C20H34O2.C19H32O2.C18H30O2.C17H28O2/c1-7-19(5,6)17(21)22-20(18(2,3)4)15-9-13-8-14(11-15)12-16(20)10-13;1-5-7-8-20(22-18(21)19(3,4)6-2)16-10-14-9-15(12-16)13-17(20)11-14;1-6-18(4,5)17(20)21-19(12(2)3)15-8-13-7-14(10-15)11-16(19)9-13;1-5-17(3,4)16(19)20-18(6-2)14-8-12-7-13(10-14)11-15(18)9-12;1-5-16(2,3)15(18)19-17(4)13-7-11-6-12(9-13)10-14(17)8-11/h13-16H,7-12H2,1-6H3;14-17H,5-13H2,1-4H3;12-16H,6-11H2,1-5H3;12-15H,5-11H2,1-4H3;11-14H,5-10H2,1-4H3. The lowest BCUT2D eigenvalue weighted by molar-refractivity contribution is -0.250. The van der Waals surface area contributed by atoms with E-state index in [2.05, 4.69) is 90.0 Å². The molecule has 10 heteroatoms. The summed E-state index contributed by atoms with van der Waals surface area (Å²) in [5.74, 6) is 16.0. The Labute approximate surface area is 636 Å². The number of hydrogen-bond donors (Lipinski definition) is 0. The quantitative estimate of drug-likeness (QED) is 0.0857. The predicted octanol–water partition coefficient (Wildman–Crippen LogP) is 24.1.